The van der Waals surface area contributed by atoms with Gasteiger partial charge in [-0.25, -0.2) is 0 Å². The molecule has 0 aliphatic rings. The fraction of sp³-hybridized carbons (Fsp3) is 0.471. The van der Waals surface area contributed by atoms with E-state index in [2.05, 4.69) is 34.0 Å². The largest absolute Gasteiger partial charge is 0.494 e. The molecule has 5 nitrogen and oxygen atoms in total. The van der Waals surface area contributed by atoms with Gasteiger partial charge in [-0.1, -0.05) is 26.2 Å². The van der Waals surface area contributed by atoms with E-state index in [9.17, 15) is 13.2 Å². The van der Waals surface area contributed by atoms with Gasteiger partial charge in [0.2, 0.25) is 0 Å². The van der Waals surface area contributed by atoms with Crippen LogP contribution in [-0.2, 0) is 12.7 Å². The highest BCUT2D eigenvalue weighted by Gasteiger charge is 2.32. The average Bonchev–Trinajstić information content (AvgIpc) is 3.02. The normalized spacial score (nSPS) is 11.5. The van der Waals surface area contributed by atoms with Crippen molar-refractivity contribution in [3.8, 4) is 17.0 Å². The van der Waals surface area contributed by atoms with Gasteiger partial charge in [0.25, 0.3) is 0 Å². The summed E-state index contributed by atoms with van der Waals surface area (Å²) in [5.41, 5.74) is 0.248. The van der Waals surface area contributed by atoms with Crippen LogP contribution in [0.2, 0.25) is 0 Å². The second-order valence-corrected chi connectivity index (χ2v) is 5.65. The van der Waals surface area contributed by atoms with Crippen molar-refractivity contribution >= 4 is 6.72 Å². The molecule has 1 aromatic carbocycles. The van der Waals surface area contributed by atoms with E-state index in [1.807, 2.05) is 0 Å². The molecule has 0 radical (unpaired) electrons. The molecule has 0 amide bonds. The summed E-state index contributed by atoms with van der Waals surface area (Å²) in [5, 5.41) is 10.3. The number of hydrogen-bond acceptors (Lipinski definition) is 4. The number of alkyl halides is 3. The molecule has 0 bridgehead atoms. The smallest absolute Gasteiger partial charge is 0.416 e. The first-order valence-electron chi connectivity index (χ1n) is 8.13. The van der Waals surface area contributed by atoms with Gasteiger partial charge in [-0.2, -0.15) is 28.6 Å². The predicted molar refractivity (Wildman–Crippen MR) is 89.7 cm³/mol. The van der Waals surface area contributed by atoms with Crippen LogP contribution in [0.1, 0.15) is 43.9 Å². The van der Waals surface area contributed by atoms with E-state index in [1.165, 1.54) is 0 Å². The molecule has 25 heavy (non-hydrogen) atoms. The average molecular weight is 354 g/mol. The quantitative estimate of drug-likeness (QED) is 0.527. The van der Waals surface area contributed by atoms with Crippen LogP contribution in [0.15, 0.2) is 23.2 Å². The summed E-state index contributed by atoms with van der Waals surface area (Å²) >= 11 is 0. The van der Waals surface area contributed by atoms with Crippen molar-refractivity contribution in [1.82, 2.24) is 15.4 Å². The van der Waals surface area contributed by atoms with Crippen molar-refractivity contribution in [2.24, 2.45) is 4.99 Å². The van der Waals surface area contributed by atoms with Crippen molar-refractivity contribution in [3.05, 3.63) is 29.5 Å². The van der Waals surface area contributed by atoms with Gasteiger partial charge < -0.3 is 4.74 Å². The maximum Gasteiger partial charge on any atom is 0.416 e. The molecular weight excluding hydrogens is 333 g/mol. The van der Waals surface area contributed by atoms with E-state index < -0.39 is 11.7 Å². The number of rotatable bonds is 9. The summed E-state index contributed by atoms with van der Waals surface area (Å²) in [6, 6.07) is 3.59. The Morgan fingerprint density at radius 3 is 2.64 bits per heavy atom. The lowest BCUT2D eigenvalue weighted by atomic mass is 10.1. The number of nitrogens with zero attached hydrogens (tertiary/aromatic N) is 3. The fourth-order valence-electron chi connectivity index (χ4n) is 2.40. The van der Waals surface area contributed by atoms with Crippen LogP contribution in [-0.4, -0.2) is 28.7 Å². The zero-order chi connectivity index (χ0) is 18.3. The lowest BCUT2D eigenvalue weighted by molar-refractivity contribution is -0.137. The molecule has 0 spiro atoms. The van der Waals surface area contributed by atoms with Gasteiger partial charge in [0.15, 0.2) is 0 Å². The minimum Gasteiger partial charge on any atom is -0.494 e. The van der Waals surface area contributed by atoms with Crippen molar-refractivity contribution < 1.29 is 17.9 Å². The second-order valence-electron chi connectivity index (χ2n) is 5.65. The third-order valence-corrected chi connectivity index (χ3v) is 3.66. The van der Waals surface area contributed by atoms with Crippen molar-refractivity contribution in [2.45, 2.75) is 45.3 Å². The summed E-state index contributed by atoms with van der Waals surface area (Å²) in [5.74, 6) is 0.168. The van der Waals surface area contributed by atoms with Gasteiger partial charge in [0.1, 0.15) is 17.1 Å². The van der Waals surface area contributed by atoms with Crippen LogP contribution in [0.5, 0.6) is 5.75 Å². The van der Waals surface area contributed by atoms with E-state index in [1.54, 1.807) is 6.07 Å². The first-order valence-corrected chi connectivity index (χ1v) is 8.13. The van der Waals surface area contributed by atoms with Gasteiger partial charge in [0, 0.05) is 5.56 Å². The van der Waals surface area contributed by atoms with Crippen LogP contribution in [0.4, 0.5) is 13.2 Å². The van der Waals surface area contributed by atoms with Crippen molar-refractivity contribution in [2.75, 3.05) is 6.61 Å². The third kappa shape index (κ3) is 5.30. The summed E-state index contributed by atoms with van der Waals surface area (Å²) < 4.78 is 45.1. The number of H-pyrrole nitrogens is 1. The van der Waals surface area contributed by atoms with Crippen LogP contribution in [0.25, 0.3) is 11.3 Å². The highest BCUT2D eigenvalue weighted by Crippen LogP contribution is 2.35. The molecule has 8 heteroatoms. The molecule has 2 aromatic rings. The minimum atomic E-state index is -4.48. The van der Waals surface area contributed by atoms with E-state index in [0.717, 1.165) is 37.8 Å². The van der Waals surface area contributed by atoms with Crippen LogP contribution < -0.4 is 4.74 Å². The Kier molecular flexibility index (Phi) is 6.55. The zero-order valence-electron chi connectivity index (χ0n) is 14.1. The molecule has 1 N–H and O–H groups in total. The highest BCUT2D eigenvalue weighted by atomic mass is 19.4. The number of nitrogens with one attached hydrogen (secondary N) is 1. The van der Waals surface area contributed by atoms with E-state index in [-0.39, 0.29) is 17.9 Å². The number of hydrogen-bond donors (Lipinski definition) is 1. The number of unbranched alkanes of at least 4 members (excludes halogenated alkanes) is 3. The van der Waals surface area contributed by atoms with Gasteiger partial charge in [-0.15, -0.1) is 0 Å². The molecule has 1 heterocycles. The van der Waals surface area contributed by atoms with E-state index in [0.29, 0.717) is 18.0 Å². The lowest BCUT2D eigenvalue weighted by Gasteiger charge is -2.13. The SMILES string of the molecule is C=NCc1n[nH]nc1-c1cc(OCCCCCC)cc(C(F)(F)F)c1. The molecule has 0 atom stereocenters. The minimum absolute atomic E-state index is 0.162. The molecule has 0 saturated carbocycles. The molecular formula is C17H21F3N4O. The fourth-order valence-corrected chi connectivity index (χ4v) is 2.40. The highest BCUT2D eigenvalue weighted by molar-refractivity contribution is 5.64. The summed E-state index contributed by atoms with van der Waals surface area (Å²) in [7, 11) is 0. The maximum absolute atomic E-state index is 13.2. The van der Waals surface area contributed by atoms with Gasteiger partial charge in [0.05, 0.1) is 18.7 Å². The number of ether oxygens (including phenoxy) is 1. The Bertz CT molecular complexity index is 697. The summed E-state index contributed by atoms with van der Waals surface area (Å²) in [6.45, 7) is 6.00. The van der Waals surface area contributed by atoms with Crippen molar-refractivity contribution in [3.63, 3.8) is 0 Å². The summed E-state index contributed by atoms with van der Waals surface area (Å²) in [4.78, 5) is 3.71. The predicted octanol–water partition coefficient (Wildman–Crippen LogP) is 4.65. The zero-order valence-corrected chi connectivity index (χ0v) is 14.1. The third-order valence-electron chi connectivity index (χ3n) is 3.66. The molecule has 2 rings (SSSR count). The Morgan fingerprint density at radius 2 is 1.96 bits per heavy atom. The maximum atomic E-state index is 13.2. The first kappa shape index (κ1) is 19.0. The van der Waals surface area contributed by atoms with E-state index in [4.69, 9.17) is 4.74 Å². The molecule has 0 unspecified atom stereocenters. The first-order chi connectivity index (χ1) is 12.0. The topological polar surface area (TPSA) is 63.2 Å². The standard InChI is InChI=1S/C17H21F3N4O/c1-3-4-5-6-7-25-14-9-12(8-13(10-14)17(18,19)20)16-15(11-21-2)22-24-23-16/h8-10H,2-7,11H2,1H3,(H,22,23,24). The Morgan fingerprint density at radius 1 is 1.16 bits per heavy atom. The number of aromatic nitrogens is 3. The number of halogens is 3. The van der Waals surface area contributed by atoms with Gasteiger partial charge >= 0.3 is 6.18 Å². The Balaban J connectivity index is 2.27. The molecule has 0 aliphatic heterocycles. The second kappa shape index (κ2) is 8.64. The Labute approximate surface area is 144 Å². The molecule has 0 saturated heterocycles. The molecule has 136 valence electrons. The van der Waals surface area contributed by atoms with Crippen LogP contribution in [0.3, 0.4) is 0 Å². The Hall–Kier alpha value is -2.38. The number of aliphatic imine (C=N–C) groups is 1. The monoisotopic (exact) mass is 354 g/mol. The van der Waals surface area contributed by atoms with E-state index >= 15 is 0 Å². The molecule has 0 fully saturated rings. The number of benzene rings is 1. The summed E-state index contributed by atoms with van der Waals surface area (Å²) in [6.07, 6.45) is -0.527. The van der Waals surface area contributed by atoms with Crippen LogP contribution in [0, 0.1) is 0 Å². The molecule has 0 aliphatic carbocycles. The lowest BCUT2D eigenvalue weighted by Crippen LogP contribution is -2.07. The van der Waals surface area contributed by atoms with Crippen molar-refractivity contribution in [1.29, 1.82) is 0 Å². The molecule has 1 aromatic heterocycles. The number of aromatic amines is 1. The van der Waals surface area contributed by atoms with Gasteiger partial charge in [-0.05, 0) is 31.3 Å². The van der Waals surface area contributed by atoms with Gasteiger partial charge in [-0.3, -0.25) is 4.99 Å². The van der Waals surface area contributed by atoms with Crippen LogP contribution >= 0.6 is 0 Å².